The van der Waals surface area contributed by atoms with Crippen LogP contribution in [0.2, 0.25) is 0 Å². The van der Waals surface area contributed by atoms with Crippen LogP contribution in [-0.4, -0.2) is 10.8 Å². The van der Waals surface area contributed by atoms with Crippen molar-refractivity contribution in [2.45, 2.75) is 12.6 Å². The van der Waals surface area contributed by atoms with Crippen LogP contribution < -0.4 is 5.43 Å². The summed E-state index contributed by atoms with van der Waals surface area (Å²) in [7, 11) is 0. The van der Waals surface area contributed by atoms with Crippen LogP contribution in [0.3, 0.4) is 0 Å². The third-order valence-electron chi connectivity index (χ3n) is 4.98. The van der Waals surface area contributed by atoms with Gasteiger partial charge in [0.15, 0.2) is 5.43 Å². The molecular formula is C22H14FNO4. The summed E-state index contributed by atoms with van der Waals surface area (Å²) in [5.41, 5.74) is 0.385. The predicted molar refractivity (Wildman–Crippen MR) is 99.3 cm³/mol. The first-order valence-corrected chi connectivity index (χ1v) is 8.78. The fourth-order valence-corrected chi connectivity index (χ4v) is 3.72. The molecule has 138 valence electrons. The molecule has 3 heterocycles. The summed E-state index contributed by atoms with van der Waals surface area (Å²) < 4.78 is 25.8. The lowest BCUT2D eigenvalue weighted by atomic mass is 9.98. The van der Waals surface area contributed by atoms with Crippen LogP contribution in [0.25, 0.3) is 11.0 Å². The van der Waals surface area contributed by atoms with Crippen LogP contribution in [0, 0.1) is 5.82 Å². The van der Waals surface area contributed by atoms with Gasteiger partial charge in [-0.1, -0.05) is 30.3 Å². The van der Waals surface area contributed by atoms with E-state index in [4.69, 9.17) is 8.83 Å². The van der Waals surface area contributed by atoms with Crippen molar-refractivity contribution >= 4 is 16.9 Å². The summed E-state index contributed by atoms with van der Waals surface area (Å²) in [6.45, 7) is 0.0881. The molecule has 1 aliphatic heterocycles. The van der Waals surface area contributed by atoms with Crippen molar-refractivity contribution in [3.8, 4) is 0 Å². The number of para-hydroxylation sites is 1. The van der Waals surface area contributed by atoms with Gasteiger partial charge in [0.25, 0.3) is 5.91 Å². The second-order valence-corrected chi connectivity index (χ2v) is 6.61. The highest BCUT2D eigenvalue weighted by Crippen LogP contribution is 2.39. The maximum Gasteiger partial charge on any atom is 0.291 e. The van der Waals surface area contributed by atoms with Gasteiger partial charge in [-0.05, 0) is 30.3 Å². The van der Waals surface area contributed by atoms with Crippen LogP contribution in [0.15, 0.2) is 80.6 Å². The number of rotatable bonds is 3. The SMILES string of the molecule is O=C1c2oc3ccccc3c(=O)c2[C@H](c2ccccc2F)N1Cc1ccco1. The number of benzene rings is 2. The molecule has 0 radical (unpaired) electrons. The average Bonchev–Trinajstić information content (AvgIpc) is 3.31. The number of hydrogen-bond donors (Lipinski definition) is 0. The van der Waals surface area contributed by atoms with Crippen molar-refractivity contribution in [3.63, 3.8) is 0 Å². The summed E-state index contributed by atoms with van der Waals surface area (Å²) in [4.78, 5) is 27.8. The fraction of sp³-hybridized carbons (Fsp3) is 0.0909. The normalized spacial score (nSPS) is 16.0. The van der Waals surface area contributed by atoms with Crippen molar-refractivity contribution in [1.82, 2.24) is 4.90 Å². The van der Waals surface area contributed by atoms with Crippen LogP contribution in [-0.2, 0) is 6.54 Å². The van der Waals surface area contributed by atoms with Crippen molar-refractivity contribution in [3.05, 3.63) is 106 Å². The van der Waals surface area contributed by atoms with Gasteiger partial charge in [0.2, 0.25) is 5.76 Å². The van der Waals surface area contributed by atoms with Gasteiger partial charge >= 0.3 is 0 Å². The molecule has 0 unspecified atom stereocenters. The Morgan fingerprint density at radius 2 is 1.75 bits per heavy atom. The van der Waals surface area contributed by atoms with Gasteiger partial charge in [-0.2, -0.15) is 0 Å². The van der Waals surface area contributed by atoms with Gasteiger partial charge in [0.1, 0.15) is 17.2 Å². The lowest BCUT2D eigenvalue weighted by Crippen LogP contribution is -2.29. The molecule has 2 aromatic heterocycles. The second-order valence-electron chi connectivity index (χ2n) is 6.61. The summed E-state index contributed by atoms with van der Waals surface area (Å²) in [6.07, 6.45) is 1.50. The first-order chi connectivity index (χ1) is 13.6. The molecule has 5 rings (SSSR count). The lowest BCUT2D eigenvalue weighted by molar-refractivity contribution is 0.0699. The smallest absolute Gasteiger partial charge is 0.291 e. The Bertz CT molecular complexity index is 1260. The largest absolute Gasteiger partial charge is 0.467 e. The molecule has 0 aliphatic carbocycles. The molecule has 1 aliphatic rings. The molecule has 0 N–H and O–H groups in total. The molecule has 0 fully saturated rings. The van der Waals surface area contributed by atoms with Crippen LogP contribution in [0.1, 0.15) is 33.5 Å². The van der Waals surface area contributed by atoms with Gasteiger partial charge in [-0.15, -0.1) is 0 Å². The van der Waals surface area contributed by atoms with Gasteiger partial charge in [-0.25, -0.2) is 4.39 Å². The molecule has 28 heavy (non-hydrogen) atoms. The summed E-state index contributed by atoms with van der Waals surface area (Å²) in [5, 5.41) is 0.357. The van der Waals surface area contributed by atoms with Gasteiger partial charge in [0.05, 0.1) is 29.8 Å². The molecule has 0 saturated heterocycles. The zero-order valence-electron chi connectivity index (χ0n) is 14.6. The van der Waals surface area contributed by atoms with Crippen molar-refractivity contribution in [1.29, 1.82) is 0 Å². The van der Waals surface area contributed by atoms with Crippen molar-refractivity contribution in [2.75, 3.05) is 0 Å². The van der Waals surface area contributed by atoms with E-state index in [-0.39, 0.29) is 28.9 Å². The van der Waals surface area contributed by atoms with E-state index < -0.39 is 17.8 Å². The minimum Gasteiger partial charge on any atom is -0.467 e. The van der Waals surface area contributed by atoms with Crippen molar-refractivity contribution < 1.29 is 18.0 Å². The first kappa shape index (κ1) is 16.5. The Labute approximate surface area is 158 Å². The van der Waals surface area contributed by atoms with E-state index in [1.807, 2.05) is 0 Å². The number of amides is 1. The zero-order valence-corrected chi connectivity index (χ0v) is 14.6. The highest BCUT2D eigenvalue weighted by atomic mass is 19.1. The van der Waals surface area contributed by atoms with E-state index in [2.05, 4.69) is 0 Å². The number of hydrogen-bond acceptors (Lipinski definition) is 4. The van der Waals surface area contributed by atoms with E-state index >= 15 is 0 Å². The van der Waals surface area contributed by atoms with Crippen LogP contribution in [0.4, 0.5) is 4.39 Å². The Balaban J connectivity index is 1.78. The second kappa shape index (κ2) is 6.20. The van der Waals surface area contributed by atoms with Gasteiger partial charge in [-0.3, -0.25) is 9.59 Å². The van der Waals surface area contributed by atoms with Gasteiger partial charge in [0, 0.05) is 5.56 Å². The molecule has 4 aromatic rings. The fourth-order valence-electron chi connectivity index (χ4n) is 3.72. The highest BCUT2D eigenvalue weighted by Gasteiger charge is 2.43. The third-order valence-corrected chi connectivity index (χ3v) is 4.98. The lowest BCUT2D eigenvalue weighted by Gasteiger charge is -2.24. The molecule has 6 heteroatoms. The monoisotopic (exact) mass is 375 g/mol. The molecule has 1 atom stereocenters. The molecular weight excluding hydrogens is 361 g/mol. The number of carbonyl (C=O) groups is 1. The standard InChI is InChI=1S/C22H14FNO4/c23-16-9-3-1-7-14(16)19-18-20(25)15-8-2-4-10-17(15)28-21(18)22(26)24(19)12-13-6-5-11-27-13/h1-11,19H,12H2/t19-/m0/s1. The highest BCUT2D eigenvalue weighted by molar-refractivity contribution is 5.99. The van der Waals surface area contributed by atoms with E-state index in [1.54, 1.807) is 54.6 Å². The Morgan fingerprint density at radius 1 is 0.964 bits per heavy atom. The molecule has 2 aromatic carbocycles. The maximum absolute atomic E-state index is 14.7. The minimum atomic E-state index is -0.894. The van der Waals surface area contributed by atoms with Crippen molar-refractivity contribution in [2.24, 2.45) is 0 Å². The van der Waals surface area contributed by atoms with E-state index in [0.717, 1.165) is 0 Å². The summed E-state index contributed by atoms with van der Waals surface area (Å²) in [6, 6.07) is 15.4. The van der Waals surface area contributed by atoms with E-state index in [1.165, 1.54) is 17.2 Å². The number of carbonyl (C=O) groups excluding carboxylic acids is 1. The summed E-state index contributed by atoms with van der Waals surface area (Å²) in [5.74, 6) is -0.490. The molecule has 0 bridgehead atoms. The Kier molecular flexibility index (Phi) is 3.65. The van der Waals surface area contributed by atoms with E-state index in [0.29, 0.717) is 16.7 Å². The van der Waals surface area contributed by atoms with E-state index in [9.17, 15) is 14.0 Å². The molecule has 5 nitrogen and oxygen atoms in total. The average molecular weight is 375 g/mol. The van der Waals surface area contributed by atoms with Gasteiger partial charge < -0.3 is 13.7 Å². The summed E-state index contributed by atoms with van der Waals surface area (Å²) >= 11 is 0. The van der Waals surface area contributed by atoms with Crippen LogP contribution in [0.5, 0.6) is 0 Å². The predicted octanol–water partition coefficient (Wildman–Crippen LogP) is 4.27. The molecule has 0 saturated carbocycles. The third kappa shape index (κ3) is 2.38. The number of fused-ring (bicyclic) bond motifs is 2. The maximum atomic E-state index is 14.7. The van der Waals surface area contributed by atoms with Crippen LogP contribution >= 0.6 is 0 Å². The Hall–Kier alpha value is -3.67. The topological polar surface area (TPSA) is 63.7 Å². The number of halogens is 1. The minimum absolute atomic E-state index is 0.0523. The Morgan fingerprint density at radius 3 is 2.54 bits per heavy atom. The molecule has 0 spiro atoms. The number of furan rings is 1. The quantitative estimate of drug-likeness (QED) is 0.536. The molecule has 1 amide bonds. The zero-order chi connectivity index (χ0) is 19.3. The first-order valence-electron chi connectivity index (χ1n) is 8.78. The number of nitrogens with zero attached hydrogens (tertiary/aromatic N) is 1.